The molecule has 3 aromatic rings. The van der Waals surface area contributed by atoms with Crippen molar-refractivity contribution < 1.29 is 8.42 Å². The SMILES string of the molecule is O=S(=O)(Nc1ccc(-c2ccncc2)cc1)c1ccc(Cl)cc1. The molecule has 0 spiro atoms. The molecule has 0 radical (unpaired) electrons. The number of anilines is 1. The predicted octanol–water partition coefficient (Wildman–Crippen LogP) is 4.20. The quantitative estimate of drug-likeness (QED) is 0.771. The predicted molar refractivity (Wildman–Crippen MR) is 91.9 cm³/mol. The fourth-order valence-electron chi connectivity index (χ4n) is 2.10. The minimum Gasteiger partial charge on any atom is -0.280 e. The van der Waals surface area contributed by atoms with Gasteiger partial charge in [-0.05, 0) is 59.7 Å². The van der Waals surface area contributed by atoms with Crippen LogP contribution in [0, 0.1) is 0 Å². The lowest BCUT2D eigenvalue weighted by Crippen LogP contribution is -2.12. The molecule has 0 saturated carbocycles. The van der Waals surface area contributed by atoms with Crippen molar-refractivity contribution in [2.45, 2.75) is 4.90 Å². The third-order valence-electron chi connectivity index (χ3n) is 3.27. The fraction of sp³-hybridized carbons (Fsp3) is 0. The van der Waals surface area contributed by atoms with Crippen molar-refractivity contribution in [1.82, 2.24) is 4.98 Å². The van der Waals surface area contributed by atoms with Gasteiger partial charge < -0.3 is 0 Å². The number of rotatable bonds is 4. The van der Waals surface area contributed by atoms with Gasteiger partial charge in [0.05, 0.1) is 4.90 Å². The van der Waals surface area contributed by atoms with E-state index in [4.69, 9.17) is 11.6 Å². The zero-order chi connectivity index (χ0) is 16.3. The number of nitrogens with one attached hydrogen (secondary N) is 1. The summed E-state index contributed by atoms with van der Waals surface area (Å²) in [7, 11) is -3.63. The van der Waals surface area contributed by atoms with Crippen molar-refractivity contribution in [2.24, 2.45) is 0 Å². The summed E-state index contributed by atoms with van der Waals surface area (Å²) in [6.07, 6.45) is 3.43. The van der Waals surface area contributed by atoms with Crippen LogP contribution in [0.4, 0.5) is 5.69 Å². The molecule has 1 N–H and O–H groups in total. The van der Waals surface area contributed by atoms with Gasteiger partial charge in [-0.1, -0.05) is 23.7 Å². The Labute approximate surface area is 139 Å². The van der Waals surface area contributed by atoms with Crippen LogP contribution in [-0.2, 0) is 10.0 Å². The molecule has 0 unspecified atom stereocenters. The number of nitrogens with zero attached hydrogens (tertiary/aromatic N) is 1. The Bertz CT molecular complexity index is 894. The van der Waals surface area contributed by atoms with Crippen molar-refractivity contribution in [3.8, 4) is 11.1 Å². The normalized spacial score (nSPS) is 11.2. The van der Waals surface area contributed by atoms with E-state index in [0.29, 0.717) is 10.7 Å². The molecule has 0 aliphatic carbocycles. The molecule has 2 aromatic carbocycles. The molecule has 3 rings (SSSR count). The van der Waals surface area contributed by atoms with Crippen LogP contribution in [0.25, 0.3) is 11.1 Å². The van der Waals surface area contributed by atoms with Crippen LogP contribution in [0.5, 0.6) is 0 Å². The number of sulfonamides is 1. The van der Waals surface area contributed by atoms with Gasteiger partial charge in [-0.3, -0.25) is 9.71 Å². The van der Waals surface area contributed by atoms with E-state index in [2.05, 4.69) is 9.71 Å². The van der Waals surface area contributed by atoms with Crippen LogP contribution < -0.4 is 4.72 Å². The molecular formula is C17H13ClN2O2S. The summed E-state index contributed by atoms with van der Waals surface area (Å²) in [5.74, 6) is 0. The van der Waals surface area contributed by atoms with E-state index in [1.807, 2.05) is 24.3 Å². The van der Waals surface area contributed by atoms with E-state index in [0.717, 1.165) is 11.1 Å². The van der Waals surface area contributed by atoms with Crippen LogP contribution in [0.1, 0.15) is 0 Å². The summed E-state index contributed by atoms with van der Waals surface area (Å²) in [6.45, 7) is 0. The zero-order valence-electron chi connectivity index (χ0n) is 12.0. The highest BCUT2D eigenvalue weighted by Crippen LogP contribution is 2.23. The second-order valence-corrected chi connectivity index (χ2v) is 6.99. The molecule has 0 fully saturated rings. The van der Waals surface area contributed by atoms with Gasteiger partial charge in [0.15, 0.2) is 0 Å². The number of halogens is 1. The highest BCUT2D eigenvalue weighted by Gasteiger charge is 2.13. The van der Waals surface area contributed by atoms with Gasteiger partial charge in [0.25, 0.3) is 10.0 Å². The van der Waals surface area contributed by atoms with Gasteiger partial charge in [0.1, 0.15) is 0 Å². The Morgan fingerprint density at radius 1 is 0.783 bits per heavy atom. The van der Waals surface area contributed by atoms with E-state index < -0.39 is 10.0 Å². The van der Waals surface area contributed by atoms with E-state index in [1.165, 1.54) is 12.1 Å². The van der Waals surface area contributed by atoms with Crippen LogP contribution >= 0.6 is 11.6 Å². The van der Waals surface area contributed by atoms with Crippen LogP contribution in [0.2, 0.25) is 5.02 Å². The minimum absolute atomic E-state index is 0.167. The summed E-state index contributed by atoms with van der Waals surface area (Å²) < 4.78 is 27.2. The van der Waals surface area contributed by atoms with Gasteiger partial charge in [-0.2, -0.15) is 0 Å². The Morgan fingerprint density at radius 2 is 1.35 bits per heavy atom. The Morgan fingerprint density at radius 3 is 1.96 bits per heavy atom. The van der Waals surface area contributed by atoms with Gasteiger partial charge in [-0.25, -0.2) is 8.42 Å². The first kappa shape index (κ1) is 15.5. The lowest BCUT2D eigenvalue weighted by molar-refractivity contribution is 0.601. The van der Waals surface area contributed by atoms with Crippen molar-refractivity contribution in [2.75, 3.05) is 4.72 Å². The van der Waals surface area contributed by atoms with Gasteiger partial charge in [-0.15, -0.1) is 0 Å². The second kappa shape index (κ2) is 6.40. The van der Waals surface area contributed by atoms with Crippen LogP contribution in [-0.4, -0.2) is 13.4 Å². The first-order chi connectivity index (χ1) is 11.0. The molecule has 6 heteroatoms. The number of benzene rings is 2. The molecule has 0 aliphatic rings. The third-order valence-corrected chi connectivity index (χ3v) is 4.92. The summed E-state index contributed by atoms with van der Waals surface area (Å²) >= 11 is 5.78. The number of hydrogen-bond donors (Lipinski definition) is 1. The lowest BCUT2D eigenvalue weighted by Gasteiger charge is -2.09. The van der Waals surface area contributed by atoms with E-state index in [9.17, 15) is 8.42 Å². The summed E-state index contributed by atoms with van der Waals surface area (Å²) in [4.78, 5) is 4.14. The van der Waals surface area contributed by atoms with Gasteiger partial charge in [0.2, 0.25) is 0 Å². The fourth-order valence-corrected chi connectivity index (χ4v) is 3.29. The largest absolute Gasteiger partial charge is 0.280 e. The Hall–Kier alpha value is -2.37. The molecule has 0 saturated heterocycles. The maximum Gasteiger partial charge on any atom is 0.261 e. The van der Waals surface area contributed by atoms with Gasteiger partial charge in [0, 0.05) is 23.1 Å². The van der Waals surface area contributed by atoms with Crippen molar-refractivity contribution in [3.63, 3.8) is 0 Å². The molecule has 116 valence electrons. The van der Waals surface area contributed by atoms with Gasteiger partial charge >= 0.3 is 0 Å². The smallest absolute Gasteiger partial charge is 0.261 e. The molecule has 23 heavy (non-hydrogen) atoms. The molecule has 1 aromatic heterocycles. The summed E-state index contributed by atoms with van der Waals surface area (Å²) in [6, 6.07) is 17.0. The average Bonchev–Trinajstić information content (AvgIpc) is 2.56. The first-order valence-corrected chi connectivity index (χ1v) is 8.69. The maximum absolute atomic E-state index is 12.3. The van der Waals surface area contributed by atoms with E-state index >= 15 is 0 Å². The Kier molecular flexibility index (Phi) is 4.32. The topological polar surface area (TPSA) is 59.1 Å². The number of hydrogen-bond acceptors (Lipinski definition) is 3. The van der Waals surface area contributed by atoms with Crippen molar-refractivity contribution in [3.05, 3.63) is 78.1 Å². The third kappa shape index (κ3) is 3.70. The van der Waals surface area contributed by atoms with Crippen molar-refractivity contribution >= 4 is 27.3 Å². The highest BCUT2D eigenvalue weighted by atomic mass is 35.5. The number of pyridine rings is 1. The standard InChI is InChI=1S/C17H13ClN2O2S/c18-15-3-7-17(8-4-15)23(21,22)20-16-5-1-13(2-6-16)14-9-11-19-12-10-14/h1-12,20H. The molecule has 0 atom stereocenters. The lowest BCUT2D eigenvalue weighted by atomic mass is 10.1. The molecule has 1 heterocycles. The van der Waals surface area contributed by atoms with Crippen LogP contribution in [0.15, 0.2) is 78.0 Å². The second-order valence-electron chi connectivity index (χ2n) is 4.87. The van der Waals surface area contributed by atoms with Crippen molar-refractivity contribution in [1.29, 1.82) is 0 Å². The molecule has 0 amide bonds. The summed E-state index contributed by atoms with van der Waals surface area (Å²) in [5.41, 5.74) is 2.51. The van der Waals surface area contributed by atoms with E-state index in [1.54, 1.807) is 36.7 Å². The average molecular weight is 345 g/mol. The van der Waals surface area contributed by atoms with E-state index in [-0.39, 0.29) is 4.90 Å². The maximum atomic E-state index is 12.3. The highest BCUT2D eigenvalue weighted by molar-refractivity contribution is 7.92. The minimum atomic E-state index is -3.63. The molecular weight excluding hydrogens is 332 g/mol. The summed E-state index contributed by atoms with van der Waals surface area (Å²) in [5, 5.41) is 0.491. The molecule has 0 bridgehead atoms. The Balaban J connectivity index is 1.82. The first-order valence-electron chi connectivity index (χ1n) is 6.83. The monoisotopic (exact) mass is 344 g/mol. The molecule has 0 aliphatic heterocycles. The number of aromatic nitrogens is 1. The zero-order valence-corrected chi connectivity index (χ0v) is 13.6. The van der Waals surface area contributed by atoms with Crippen LogP contribution in [0.3, 0.4) is 0 Å². The molecule has 4 nitrogen and oxygen atoms in total.